The number of anilines is 1. The lowest BCUT2D eigenvalue weighted by Gasteiger charge is -2.43. The fourth-order valence-electron chi connectivity index (χ4n) is 4.34. The molecule has 4 atom stereocenters. The molecule has 2 saturated heterocycles. The first-order valence-corrected chi connectivity index (χ1v) is 19.9. The van der Waals surface area contributed by atoms with Gasteiger partial charge in [0.15, 0.2) is 34.0 Å². The van der Waals surface area contributed by atoms with Crippen molar-refractivity contribution in [3.8, 4) is 0 Å². The number of nitrogens with zero attached hydrogens (tertiary/aromatic N) is 3. The SMILES string of the molecule is CC(C)C(=O)Nc1nc2c(ncn2[C@@H]2O[C@@]3(CO[Si](C)(C)C(C)(C)C)COC2C3O[Si](C)(C)C(C)(C)C)c(=O)[nH]1. The van der Waals surface area contributed by atoms with E-state index in [-0.39, 0.29) is 39.5 Å². The molecule has 4 rings (SSSR count). The van der Waals surface area contributed by atoms with Crippen molar-refractivity contribution in [2.24, 2.45) is 5.92 Å². The topological polar surface area (TPSA) is 130 Å². The average Bonchev–Trinajstić information content (AvgIpc) is 3.46. The van der Waals surface area contributed by atoms with E-state index in [0.717, 1.165) is 0 Å². The Balaban J connectivity index is 1.74. The second-order valence-corrected chi connectivity index (χ2v) is 24.1. The molecule has 2 aromatic heterocycles. The number of hydrogen-bond donors (Lipinski definition) is 2. The summed E-state index contributed by atoms with van der Waals surface area (Å²) in [5, 5.41) is 2.68. The van der Waals surface area contributed by atoms with Crippen LogP contribution in [0, 0.1) is 5.92 Å². The monoisotopic (exact) mass is 593 g/mol. The van der Waals surface area contributed by atoms with Crippen LogP contribution in [0.3, 0.4) is 0 Å². The van der Waals surface area contributed by atoms with Crippen molar-refractivity contribution < 1.29 is 23.1 Å². The number of carbonyl (C=O) groups is 1. The van der Waals surface area contributed by atoms with Gasteiger partial charge >= 0.3 is 0 Å². The van der Waals surface area contributed by atoms with Crippen LogP contribution < -0.4 is 10.9 Å². The second-order valence-electron chi connectivity index (χ2n) is 14.6. The third-order valence-electron chi connectivity index (χ3n) is 9.16. The van der Waals surface area contributed by atoms with Gasteiger partial charge in [0.1, 0.15) is 17.8 Å². The molecule has 40 heavy (non-hydrogen) atoms. The van der Waals surface area contributed by atoms with Gasteiger partial charge in [-0.15, -0.1) is 0 Å². The molecule has 0 radical (unpaired) electrons. The molecule has 1 amide bonds. The van der Waals surface area contributed by atoms with E-state index in [9.17, 15) is 9.59 Å². The van der Waals surface area contributed by atoms with Gasteiger partial charge in [-0.3, -0.25) is 24.5 Å². The molecule has 2 N–H and O–H groups in total. The van der Waals surface area contributed by atoms with Crippen LogP contribution in [0.5, 0.6) is 0 Å². The smallest absolute Gasteiger partial charge is 0.280 e. The van der Waals surface area contributed by atoms with Crippen LogP contribution in [0.25, 0.3) is 11.2 Å². The minimum Gasteiger partial charge on any atom is -0.414 e. The number of imidazole rings is 1. The Hall–Kier alpha value is -1.91. The number of fused-ring (bicyclic) bond motifs is 3. The zero-order valence-electron chi connectivity index (χ0n) is 26.1. The Morgan fingerprint density at radius 1 is 1.18 bits per heavy atom. The highest BCUT2D eigenvalue weighted by Crippen LogP contribution is 2.51. The molecular weight excluding hydrogens is 546 g/mol. The molecule has 2 fully saturated rings. The van der Waals surface area contributed by atoms with Gasteiger partial charge in [-0.1, -0.05) is 55.4 Å². The predicted molar refractivity (Wildman–Crippen MR) is 159 cm³/mol. The molecule has 0 spiro atoms. The average molecular weight is 594 g/mol. The van der Waals surface area contributed by atoms with Crippen LogP contribution in [0.15, 0.2) is 11.1 Å². The van der Waals surface area contributed by atoms with Gasteiger partial charge in [0.05, 0.1) is 19.5 Å². The van der Waals surface area contributed by atoms with Crippen molar-refractivity contribution in [1.29, 1.82) is 0 Å². The molecule has 2 aliphatic rings. The van der Waals surface area contributed by atoms with E-state index in [1.165, 1.54) is 0 Å². The van der Waals surface area contributed by atoms with Gasteiger partial charge in [0.25, 0.3) is 5.56 Å². The van der Waals surface area contributed by atoms with Gasteiger partial charge < -0.3 is 18.3 Å². The molecule has 0 saturated carbocycles. The first-order chi connectivity index (χ1) is 18.2. The quantitative estimate of drug-likeness (QED) is 0.418. The maximum absolute atomic E-state index is 12.8. The van der Waals surface area contributed by atoms with Crippen molar-refractivity contribution >= 4 is 39.7 Å². The summed E-state index contributed by atoms with van der Waals surface area (Å²) in [6, 6.07) is 0. The number of aromatic nitrogens is 4. The van der Waals surface area contributed by atoms with Crippen LogP contribution in [0.2, 0.25) is 36.3 Å². The van der Waals surface area contributed by atoms with Crippen molar-refractivity contribution in [2.45, 2.75) is 116 Å². The van der Waals surface area contributed by atoms with Crippen LogP contribution >= 0.6 is 0 Å². The highest BCUT2D eigenvalue weighted by molar-refractivity contribution is 6.74. The van der Waals surface area contributed by atoms with E-state index >= 15 is 0 Å². The van der Waals surface area contributed by atoms with Gasteiger partial charge in [-0.2, -0.15) is 4.98 Å². The molecule has 224 valence electrons. The summed E-state index contributed by atoms with van der Waals surface area (Å²) >= 11 is 0. The van der Waals surface area contributed by atoms with Gasteiger partial charge in [0.2, 0.25) is 11.9 Å². The number of carbonyl (C=O) groups excluding carboxylic acids is 1. The molecule has 0 aromatic carbocycles. The van der Waals surface area contributed by atoms with Crippen LogP contribution in [0.4, 0.5) is 5.95 Å². The van der Waals surface area contributed by atoms with E-state index < -0.39 is 40.1 Å². The van der Waals surface area contributed by atoms with Crippen molar-refractivity contribution in [3.63, 3.8) is 0 Å². The number of hydrogen-bond acceptors (Lipinski definition) is 8. The molecule has 4 heterocycles. The minimum absolute atomic E-state index is 0.0217. The predicted octanol–water partition coefficient (Wildman–Crippen LogP) is 4.79. The summed E-state index contributed by atoms with van der Waals surface area (Å²) in [7, 11) is -4.35. The molecule has 13 heteroatoms. The van der Waals surface area contributed by atoms with E-state index in [1.54, 1.807) is 24.7 Å². The van der Waals surface area contributed by atoms with E-state index in [4.69, 9.17) is 18.3 Å². The molecule has 0 aliphatic carbocycles. The maximum atomic E-state index is 12.8. The minimum atomic E-state index is -2.23. The molecule has 2 aromatic rings. The number of nitrogens with one attached hydrogen (secondary N) is 2. The summed E-state index contributed by atoms with van der Waals surface area (Å²) in [5.74, 6) is -0.466. The van der Waals surface area contributed by atoms with Crippen molar-refractivity contribution in [1.82, 2.24) is 19.5 Å². The Morgan fingerprint density at radius 2 is 1.80 bits per heavy atom. The number of H-pyrrole nitrogens is 1. The Kier molecular flexibility index (Phi) is 7.85. The number of ether oxygens (including phenoxy) is 2. The Labute approximate surface area is 239 Å². The standard InChI is InChI=1S/C27H47N5O6Si2/c1-16(2)21(33)30-24-29-20-17(22(34)31-24)28-15-32(20)23-18-19(38-40(11,12)26(6,7)8)27(37-23,13-35-18)14-36-39(9,10)25(3,4)5/h15-16,18-19,23H,13-14H2,1-12H3,(H2,29,30,31,33,34)/t18?,19?,23-,27-/m1/s1. The third kappa shape index (κ3) is 5.48. The van der Waals surface area contributed by atoms with Crippen LogP contribution in [0.1, 0.15) is 61.6 Å². The van der Waals surface area contributed by atoms with E-state index in [0.29, 0.717) is 18.9 Å². The summed E-state index contributed by atoms with van der Waals surface area (Å²) in [6.45, 7) is 26.4. The summed E-state index contributed by atoms with van der Waals surface area (Å²) in [5.41, 5.74) is -0.817. The van der Waals surface area contributed by atoms with Crippen LogP contribution in [-0.2, 0) is 23.1 Å². The lowest BCUT2D eigenvalue weighted by atomic mass is 10.0. The van der Waals surface area contributed by atoms with Gasteiger partial charge in [-0.05, 0) is 36.3 Å². The molecular formula is C27H47N5O6Si2. The normalized spacial score (nSPS) is 25.8. The number of rotatable bonds is 8. The molecule has 2 unspecified atom stereocenters. The summed E-state index contributed by atoms with van der Waals surface area (Å²) in [4.78, 5) is 36.6. The first-order valence-electron chi connectivity index (χ1n) is 14.1. The van der Waals surface area contributed by atoms with Crippen molar-refractivity contribution in [3.05, 3.63) is 16.7 Å². The third-order valence-corrected chi connectivity index (χ3v) is 18.1. The van der Waals surface area contributed by atoms with Gasteiger partial charge in [0, 0.05) is 5.92 Å². The lowest BCUT2D eigenvalue weighted by molar-refractivity contribution is -0.183. The van der Waals surface area contributed by atoms with E-state index in [1.807, 2.05) is 0 Å². The molecule has 2 bridgehead atoms. The number of amides is 1. The van der Waals surface area contributed by atoms with Crippen molar-refractivity contribution in [2.75, 3.05) is 18.5 Å². The Morgan fingerprint density at radius 3 is 2.38 bits per heavy atom. The summed E-state index contributed by atoms with van der Waals surface area (Å²) in [6.07, 6.45) is 0.0770. The summed E-state index contributed by atoms with van der Waals surface area (Å²) < 4.78 is 28.7. The lowest BCUT2D eigenvalue weighted by Crippen LogP contribution is -2.55. The number of aromatic amines is 1. The highest BCUT2D eigenvalue weighted by atomic mass is 28.4. The largest absolute Gasteiger partial charge is 0.414 e. The maximum Gasteiger partial charge on any atom is 0.280 e. The molecule has 11 nitrogen and oxygen atoms in total. The van der Waals surface area contributed by atoms with Crippen LogP contribution in [-0.4, -0.2) is 73.1 Å². The first kappa shape index (κ1) is 31.0. The Bertz CT molecular complexity index is 1330. The fraction of sp³-hybridized carbons (Fsp3) is 0.778. The zero-order chi connectivity index (χ0) is 30.1. The van der Waals surface area contributed by atoms with Gasteiger partial charge in [-0.25, -0.2) is 4.98 Å². The van der Waals surface area contributed by atoms with E-state index in [2.05, 4.69) is 88.0 Å². The molecule has 2 aliphatic heterocycles. The highest BCUT2D eigenvalue weighted by Gasteiger charge is 2.65. The fourth-order valence-corrected chi connectivity index (χ4v) is 6.72. The second kappa shape index (κ2) is 10.1. The zero-order valence-corrected chi connectivity index (χ0v) is 28.1.